The molecule has 1 heterocycles. The fourth-order valence-corrected chi connectivity index (χ4v) is 3.43. The predicted molar refractivity (Wildman–Crippen MR) is 108 cm³/mol. The summed E-state index contributed by atoms with van der Waals surface area (Å²) < 4.78 is 1.29. The minimum absolute atomic E-state index is 0.00860. The van der Waals surface area contributed by atoms with Crippen LogP contribution in [0.15, 0.2) is 53.6 Å². The monoisotopic (exact) mass is 403 g/mol. The topological polar surface area (TPSA) is 55.2 Å². The average molecular weight is 404 g/mol. The van der Waals surface area contributed by atoms with Gasteiger partial charge in [-0.2, -0.15) is 0 Å². The number of rotatable bonds is 5. The van der Waals surface area contributed by atoms with Crippen LogP contribution in [-0.2, 0) is 17.9 Å². The van der Waals surface area contributed by atoms with Gasteiger partial charge < -0.3 is 4.90 Å². The molecule has 0 aliphatic carbocycles. The number of halogens is 2. The largest absolute Gasteiger partial charge is 0.334 e. The highest BCUT2D eigenvalue weighted by atomic mass is 35.5. The summed E-state index contributed by atoms with van der Waals surface area (Å²) in [5.74, 6) is -0.162. The van der Waals surface area contributed by atoms with Gasteiger partial charge >= 0.3 is 0 Å². The molecule has 0 saturated heterocycles. The lowest BCUT2D eigenvalue weighted by molar-refractivity contribution is -0.134. The maximum absolute atomic E-state index is 12.9. The quantitative estimate of drug-likeness (QED) is 0.642. The highest BCUT2D eigenvalue weighted by Gasteiger charge is 2.19. The average Bonchev–Trinajstić information content (AvgIpc) is 2.63. The van der Waals surface area contributed by atoms with Crippen molar-refractivity contribution < 1.29 is 4.79 Å². The summed E-state index contributed by atoms with van der Waals surface area (Å²) in [7, 11) is 0. The number of benzene rings is 2. The normalized spacial score (nSPS) is 11.1. The Labute approximate surface area is 167 Å². The summed E-state index contributed by atoms with van der Waals surface area (Å²) in [5.41, 5.74) is 1.06. The van der Waals surface area contributed by atoms with E-state index < -0.39 is 0 Å². The van der Waals surface area contributed by atoms with Crippen molar-refractivity contribution in [2.24, 2.45) is 0 Å². The van der Waals surface area contributed by atoms with Gasteiger partial charge in [-0.3, -0.25) is 14.2 Å². The van der Waals surface area contributed by atoms with E-state index in [4.69, 9.17) is 23.2 Å². The van der Waals surface area contributed by atoms with Crippen molar-refractivity contribution in [1.82, 2.24) is 14.5 Å². The lowest BCUT2D eigenvalue weighted by atomic mass is 10.2. The summed E-state index contributed by atoms with van der Waals surface area (Å²) in [5, 5.41) is 0.950. The van der Waals surface area contributed by atoms with Crippen LogP contribution in [0, 0.1) is 0 Å². The van der Waals surface area contributed by atoms with Crippen LogP contribution in [-0.4, -0.2) is 26.4 Å². The Kier molecular flexibility index (Phi) is 5.82. The van der Waals surface area contributed by atoms with Crippen LogP contribution >= 0.6 is 23.2 Å². The van der Waals surface area contributed by atoms with Crippen LogP contribution in [0.25, 0.3) is 10.9 Å². The second-order valence-corrected chi connectivity index (χ2v) is 7.41. The number of aromatic nitrogens is 2. The molecule has 3 aromatic rings. The lowest BCUT2D eigenvalue weighted by Gasteiger charge is -2.27. The Morgan fingerprint density at radius 1 is 1.19 bits per heavy atom. The van der Waals surface area contributed by atoms with Gasteiger partial charge in [-0.1, -0.05) is 53.5 Å². The third-order valence-corrected chi connectivity index (χ3v) is 4.80. The summed E-state index contributed by atoms with van der Waals surface area (Å²) in [4.78, 5) is 31.6. The number of hydrogen-bond acceptors (Lipinski definition) is 3. The first kappa shape index (κ1) is 19.4. The Bertz CT molecular complexity index is 1030. The third kappa shape index (κ3) is 4.31. The third-order valence-electron chi connectivity index (χ3n) is 4.29. The summed E-state index contributed by atoms with van der Waals surface area (Å²) in [6.45, 7) is 4.27. The van der Waals surface area contributed by atoms with Crippen molar-refractivity contribution in [3.8, 4) is 0 Å². The molecule has 0 aliphatic rings. The molecule has 0 radical (unpaired) electrons. The zero-order chi connectivity index (χ0) is 19.6. The van der Waals surface area contributed by atoms with Crippen LogP contribution in [0.2, 0.25) is 10.0 Å². The number of amides is 1. The fraction of sp³-hybridized carbons (Fsp3) is 0.250. The molecule has 0 unspecified atom stereocenters. The summed E-state index contributed by atoms with van der Waals surface area (Å²) >= 11 is 12.1. The molecule has 7 heteroatoms. The molecule has 0 fully saturated rings. The van der Waals surface area contributed by atoms with Crippen molar-refractivity contribution in [1.29, 1.82) is 0 Å². The van der Waals surface area contributed by atoms with E-state index in [-0.39, 0.29) is 24.1 Å². The van der Waals surface area contributed by atoms with Gasteiger partial charge in [0.15, 0.2) is 0 Å². The molecule has 0 spiro atoms. The maximum atomic E-state index is 12.9. The smallest absolute Gasteiger partial charge is 0.261 e. The van der Waals surface area contributed by atoms with Gasteiger partial charge in [-0.25, -0.2) is 4.98 Å². The van der Waals surface area contributed by atoms with Crippen LogP contribution in [0.5, 0.6) is 0 Å². The zero-order valence-corrected chi connectivity index (χ0v) is 16.5. The van der Waals surface area contributed by atoms with Crippen molar-refractivity contribution >= 4 is 40.0 Å². The van der Waals surface area contributed by atoms with E-state index in [0.29, 0.717) is 27.5 Å². The number of hydrogen-bond donors (Lipinski definition) is 0. The van der Waals surface area contributed by atoms with Gasteiger partial charge in [0.05, 0.1) is 22.3 Å². The van der Waals surface area contributed by atoms with Crippen LogP contribution in [0.1, 0.15) is 19.4 Å². The molecule has 0 saturated carbocycles. The number of carbonyl (C=O) groups is 1. The van der Waals surface area contributed by atoms with Gasteiger partial charge in [-0.05, 0) is 31.5 Å². The fourth-order valence-electron chi connectivity index (χ4n) is 2.88. The van der Waals surface area contributed by atoms with Crippen molar-refractivity contribution in [2.75, 3.05) is 0 Å². The van der Waals surface area contributed by atoms with Crippen molar-refractivity contribution in [3.05, 3.63) is 74.8 Å². The molecule has 27 heavy (non-hydrogen) atoms. The summed E-state index contributed by atoms with van der Waals surface area (Å²) in [6.07, 6.45) is 1.35. The van der Waals surface area contributed by atoms with E-state index in [1.807, 2.05) is 44.2 Å². The van der Waals surface area contributed by atoms with E-state index in [1.165, 1.54) is 23.0 Å². The van der Waals surface area contributed by atoms with Gasteiger partial charge in [0.2, 0.25) is 5.91 Å². The molecule has 0 aliphatic heterocycles. The van der Waals surface area contributed by atoms with Gasteiger partial charge in [0.1, 0.15) is 6.54 Å². The van der Waals surface area contributed by atoms with Gasteiger partial charge in [0.25, 0.3) is 5.56 Å². The molecule has 1 aromatic heterocycles. The molecule has 2 aromatic carbocycles. The first-order valence-electron chi connectivity index (χ1n) is 8.54. The van der Waals surface area contributed by atoms with Gasteiger partial charge in [-0.15, -0.1) is 0 Å². The summed E-state index contributed by atoms with van der Waals surface area (Å²) in [6, 6.07) is 12.8. The molecule has 0 N–H and O–H groups in total. The lowest BCUT2D eigenvalue weighted by Crippen LogP contribution is -2.40. The maximum Gasteiger partial charge on any atom is 0.261 e. The minimum atomic E-state index is -0.346. The minimum Gasteiger partial charge on any atom is -0.334 e. The standard InChI is InChI=1S/C20H19Cl2N3O2/c1-13(2)25(10-14-6-4-3-5-7-14)18(26)11-24-12-23-19-16(20(24)27)8-15(21)9-17(19)22/h3-9,12-13H,10-11H2,1-2H3. The number of fused-ring (bicyclic) bond motifs is 1. The molecule has 1 amide bonds. The first-order chi connectivity index (χ1) is 12.9. The molecule has 3 rings (SSSR count). The Hall–Kier alpha value is -2.37. The van der Waals surface area contributed by atoms with E-state index >= 15 is 0 Å². The Morgan fingerprint density at radius 2 is 1.89 bits per heavy atom. The molecular weight excluding hydrogens is 385 g/mol. The Morgan fingerprint density at radius 3 is 2.56 bits per heavy atom. The molecule has 0 atom stereocenters. The van der Waals surface area contributed by atoms with Crippen molar-refractivity contribution in [2.45, 2.75) is 33.0 Å². The van der Waals surface area contributed by atoms with E-state index in [2.05, 4.69) is 4.98 Å². The molecule has 140 valence electrons. The number of nitrogens with zero attached hydrogens (tertiary/aromatic N) is 3. The first-order valence-corrected chi connectivity index (χ1v) is 9.30. The van der Waals surface area contributed by atoms with Crippen LogP contribution in [0.3, 0.4) is 0 Å². The van der Waals surface area contributed by atoms with E-state index in [9.17, 15) is 9.59 Å². The van der Waals surface area contributed by atoms with Crippen molar-refractivity contribution in [3.63, 3.8) is 0 Å². The zero-order valence-electron chi connectivity index (χ0n) is 15.0. The second kappa shape index (κ2) is 8.11. The van der Waals surface area contributed by atoms with E-state index in [0.717, 1.165) is 5.56 Å². The van der Waals surface area contributed by atoms with E-state index in [1.54, 1.807) is 4.90 Å². The Balaban J connectivity index is 1.90. The van der Waals surface area contributed by atoms with Gasteiger partial charge in [0, 0.05) is 17.6 Å². The molecule has 5 nitrogen and oxygen atoms in total. The molecular formula is C20H19Cl2N3O2. The van der Waals surface area contributed by atoms with Crippen LogP contribution < -0.4 is 5.56 Å². The second-order valence-electron chi connectivity index (χ2n) is 6.56. The van der Waals surface area contributed by atoms with Crippen LogP contribution in [0.4, 0.5) is 0 Å². The highest BCUT2D eigenvalue weighted by molar-refractivity contribution is 6.38. The molecule has 0 bridgehead atoms. The predicted octanol–water partition coefficient (Wildman–Crippen LogP) is 4.14. The highest BCUT2D eigenvalue weighted by Crippen LogP contribution is 2.24. The number of carbonyl (C=O) groups excluding carboxylic acids is 1. The SMILES string of the molecule is CC(C)N(Cc1ccccc1)C(=O)Cn1cnc2c(Cl)cc(Cl)cc2c1=O.